The van der Waals surface area contributed by atoms with Crippen molar-refractivity contribution in [2.24, 2.45) is 11.0 Å². The molecule has 0 unspecified atom stereocenters. The first kappa shape index (κ1) is 18.9. The molecule has 4 rings (SSSR count). The summed E-state index contributed by atoms with van der Waals surface area (Å²) in [7, 11) is -3.08. The molecule has 0 radical (unpaired) electrons. The highest BCUT2D eigenvalue weighted by atomic mass is 32.2. The fourth-order valence-electron chi connectivity index (χ4n) is 4.27. The summed E-state index contributed by atoms with van der Waals surface area (Å²) in [5, 5.41) is 4.07. The van der Waals surface area contributed by atoms with Gasteiger partial charge in [-0.05, 0) is 68.9 Å². The number of carbonyl (C=O) groups is 1. The Hall–Kier alpha value is -2.41. The highest BCUT2D eigenvalue weighted by Gasteiger charge is 2.32. The summed E-state index contributed by atoms with van der Waals surface area (Å²) in [6.07, 6.45) is 5.53. The maximum Gasteiger partial charge on any atom is 0.244 e. The first-order chi connectivity index (χ1) is 13.3. The summed E-state index contributed by atoms with van der Waals surface area (Å²) in [5.41, 5.74) is 9.61. The van der Waals surface area contributed by atoms with Crippen LogP contribution in [-0.4, -0.2) is 36.6 Å². The fraction of sp³-hybridized carbons (Fsp3) is 0.429. The van der Waals surface area contributed by atoms with Crippen LogP contribution in [0.3, 0.4) is 0 Å². The number of rotatable bonds is 4. The molecule has 1 N–H and O–H groups in total. The van der Waals surface area contributed by atoms with E-state index in [2.05, 4.69) is 40.2 Å². The van der Waals surface area contributed by atoms with Gasteiger partial charge in [0.25, 0.3) is 0 Å². The predicted octanol–water partition coefficient (Wildman–Crippen LogP) is 2.47. The van der Waals surface area contributed by atoms with Crippen LogP contribution in [0.1, 0.15) is 40.9 Å². The topological polar surface area (TPSA) is 80.5 Å². The molecule has 1 amide bonds. The number of aromatic nitrogens is 1. The Morgan fingerprint density at radius 1 is 1.21 bits per heavy atom. The second-order valence-corrected chi connectivity index (χ2v) is 10.0. The van der Waals surface area contributed by atoms with Crippen LogP contribution in [0.2, 0.25) is 0 Å². The van der Waals surface area contributed by atoms with E-state index in [0.29, 0.717) is 6.42 Å². The Balaban J connectivity index is 1.50. The van der Waals surface area contributed by atoms with E-state index in [1.807, 2.05) is 13.0 Å². The predicted molar refractivity (Wildman–Crippen MR) is 110 cm³/mol. The van der Waals surface area contributed by atoms with Gasteiger partial charge in [0, 0.05) is 22.6 Å². The average molecular weight is 400 g/mol. The number of nitrogens with zero attached hydrogens (tertiary/aromatic N) is 2. The first-order valence-corrected chi connectivity index (χ1v) is 11.5. The quantitative estimate of drug-likeness (QED) is 0.633. The molecule has 0 bridgehead atoms. The zero-order chi connectivity index (χ0) is 19.9. The molecule has 1 aromatic carbocycles. The molecule has 1 aliphatic heterocycles. The zero-order valence-electron chi connectivity index (χ0n) is 16.2. The summed E-state index contributed by atoms with van der Waals surface area (Å²) >= 11 is 0. The van der Waals surface area contributed by atoms with E-state index in [1.165, 1.54) is 24.0 Å². The lowest BCUT2D eigenvalue weighted by Gasteiger charge is -2.11. The first-order valence-electron chi connectivity index (χ1n) is 9.68. The molecule has 1 fully saturated rings. The summed E-state index contributed by atoms with van der Waals surface area (Å²) in [4.78, 5) is 12.1. The van der Waals surface area contributed by atoms with Crippen molar-refractivity contribution in [1.29, 1.82) is 0 Å². The number of sulfone groups is 1. The van der Waals surface area contributed by atoms with Gasteiger partial charge < -0.3 is 4.57 Å². The van der Waals surface area contributed by atoms with E-state index in [4.69, 9.17) is 0 Å². The Morgan fingerprint density at radius 2 is 2.00 bits per heavy atom. The minimum absolute atomic E-state index is 0.0801. The third-order valence-electron chi connectivity index (χ3n) is 5.79. The van der Waals surface area contributed by atoms with Crippen LogP contribution in [-0.2, 0) is 27.5 Å². The van der Waals surface area contributed by atoms with Gasteiger partial charge in [0.1, 0.15) is 0 Å². The summed E-state index contributed by atoms with van der Waals surface area (Å²) in [6, 6.07) is 8.69. The van der Waals surface area contributed by atoms with Crippen molar-refractivity contribution in [3.05, 3.63) is 52.3 Å². The lowest BCUT2D eigenvalue weighted by Crippen LogP contribution is -2.27. The second kappa shape index (κ2) is 7.20. The highest BCUT2D eigenvalue weighted by Crippen LogP contribution is 2.27. The minimum Gasteiger partial charge on any atom is -0.318 e. The summed E-state index contributed by atoms with van der Waals surface area (Å²) in [5.74, 6) is -0.830. The van der Waals surface area contributed by atoms with Crippen molar-refractivity contribution < 1.29 is 13.2 Å². The van der Waals surface area contributed by atoms with Crippen LogP contribution in [0.4, 0.5) is 0 Å². The van der Waals surface area contributed by atoms with E-state index in [0.717, 1.165) is 29.1 Å². The molecule has 28 heavy (non-hydrogen) atoms. The fourth-order valence-corrected chi connectivity index (χ4v) is 6.01. The third kappa shape index (κ3) is 3.63. The van der Waals surface area contributed by atoms with Crippen molar-refractivity contribution in [3.63, 3.8) is 0 Å². The molecule has 0 spiro atoms. The Kier molecular flexibility index (Phi) is 4.87. The number of hydrogen-bond donors (Lipinski definition) is 1. The van der Waals surface area contributed by atoms with Gasteiger partial charge in [-0.3, -0.25) is 4.79 Å². The molecular weight excluding hydrogens is 374 g/mol. The second-order valence-electron chi connectivity index (χ2n) is 7.80. The van der Waals surface area contributed by atoms with E-state index < -0.39 is 15.8 Å². The maximum atomic E-state index is 12.1. The van der Waals surface area contributed by atoms with E-state index in [1.54, 1.807) is 6.21 Å². The molecule has 0 saturated carbocycles. The smallest absolute Gasteiger partial charge is 0.244 e. The lowest BCUT2D eigenvalue weighted by molar-refractivity contribution is -0.124. The normalized spacial score (nSPS) is 20.6. The lowest BCUT2D eigenvalue weighted by atomic mass is 10.1. The molecule has 148 valence electrons. The molecule has 1 aliphatic carbocycles. The van der Waals surface area contributed by atoms with Gasteiger partial charge in [-0.25, -0.2) is 13.8 Å². The monoisotopic (exact) mass is 399 g/mol. The van der Waals surface area contributed by atoms with Crippen molar-refractivity contribution in [1.82, 2.24) is 9.99 Å². The van der Waals surface area contributed by atoms with Crippen molar-refractivity contribution in [2.75, 3.05) is 11.5 Å². The van der Waals surface area contributed by atoms with Gasteiger partial charge in [-0.15, -0.1) is 0 Å². The largest absolute Gasteiger partial charge is 0.318 e. The number of hydrazone groups is 1. The number of carbonyl (C=O) groups excluding carboxylic acids is 1. The van der Waals surface area contributed by atoms with Gasteiger partial charge in [0.2, 0.25) is 5.91 Å². The van der Waals surface area contributed by atoms with Crippen LogP contribution in [0.25, 0.3) is 5.69 Å². The van der Waals surface area contributed by atoms with Gasteiger partial charge in [-0.2, -0.15) is 5.10 Å². The SMILES string of the molecule is Cc1cc(/C=N\NC(=O)[C@H]2CCS(=O)(=O)C2)c(C)n1-c1ccc2c(c1)CCC2. The van der Waals surface area contributed by atoms with Crippen LogP contribution < -0.4 is 5.43 Å². The van der Waals surface area contributed by atoms with Gasteiger partial charge in [0.15, 0.2) is 9.84 Å². The molecule has 6 nitrogen and oxygen atoms in total. The summed E-state index contributed by atoms with van der Waals surface area (Å²) in [6.45, 7) is 4.09. The van der Waals surface area contributed by atoms with E-state index in [9.17, 15) is 13.2 Å². The summed E-state index contributed by atoms with van der Waals surface area (Å²) < 4.78 is 25.2. The zero-order valence-corrected chi connectivity index (χ0v) is 17.1. The number of fused-ring (bicyclic) bond motifs is 1. The van der Waals surface area contributed by atoms with Crippen LogP contribution >= 0.6 is 0 Å². The third-order valence-corrected chi connectivity index (χ3v) is 7.56. The Labute approximate surface area is 165 Å². The van der Waals surface area contributed by atoms with Crippen molar-refractivity contribution >= 4 is 22.0 Å². The highest BCUT2D eigenvalue weighted by molar-refractivity contribution is 7.91. The van der Waals surface area contributed by atoms with Crippen LogP contribution in [0.15, 0.2) is 29.4 Å². The molecule has 2 aliphatic rings. The molecular formula is C21H25N3O3S. The van der Waals surface area contributed by atoms with Crippen molar-refractivity contribution in [3.8, 4) is 5.69 Å². The van der Waals surface area contributed by atoms with Gasteiger partial charge in [0.05, 0.1) is 23.6 Å². The number of nitrogens with one attached hydrogen (secondary N) is 1. The minimum atomic E-state index is -3.08. The average Bonchev–Trinajstić information content (AvgIpc) is 3.32. The van der Waals surface area contributed by atoms with Gasteiger partial charge >= 0.3 is 0 Å². The Bertz CT molecular complexity index is 1070. The Morgan fingerprint density at radius 3 is 2.75 bits per heavy atom. The maximum absolute atomic E-state index is 12.1. The molecule has 7 heteroatoms. The van der Waals surface area contributed by atoms with E-state index >= 15 is 0 Å². The number of benzene rings is 1. The molecule has 1 saturated heterocycles. The standard InChI is InChI=1S/C21H25N3O3S/c1-14-10-19(12-22-23-21(25)18-8-9-28(26,27)13-18)15(2)24(14)20-7-6-16-4-3-5-17(16)11-20/h6-7,10-12,18H,3-5,8-9,13H2,1-2H3,(H,23,25)/b22-12-/t18-/m0/s1. The number of aryl methyl sites for hydroxylation is 3. The van der Waals surface area contributed by atoms with Crippen LogP contribution in [0.5, 0.6) is 0 Å². The van der Waals surface area contributed by atoms with Crippen molar-refractivity contribution in [2.45, 2.75) is 39.5 Å². The van der Waals surface area contributed by atoms with Gasteiger partial charge in [-0.1, -0.05) is 6.07 Å². The van der Waals surface area contributed by atoms with Crippen LogP contribution in [0, 0.1) is 19.8 Å². The number of amides is 1. The molecule has 1 aromatic heterocycles. The molecule has 2 aromatic rings. The molecule has 1 atom stereocenters. The van der Waals surface area contributed by atoms with E-state index in [-0.39, 0.29) is 17.4 Å². The number of hydrogen-bond acceptors (Lipinski definition) is 4. The molecule has 2 heterocycles.